The maximum Gasteiger partial charge on any atom is 0.408 e. The Kier molecular flexibility index (Phi) is 8.69. The third-order valence-corrected chi connectivity index (χ3v) is 7.08. The van der Waals surface area contributed by atoms with Crippen LogP contribution >= 0.6 is 0 Å². The fourth-order valence-electron chi connectivity index (χ4n) is 5.15. The number of piperidine rings is 1. The molecule has 1 aliphatic heterocycles. The number of carboxylic acids is 1. The number of halogens is 4. The van der Waals surface area contributed by atoms with Crippen LogP contribution in [0.25, 0.3) is 10.9 Å². The lowest BCUT2D eigenvalue weighted by Gasteiger charge is -2.30. The summed E-state index contributed by atoms with van der Waals surface area (Å²) in [6, 6.07) is 13.5. The van der Waals surface area contributed by atoms with Crippen LogP contribution in [0.1, 0.15) is 35.2 Å². The molecule has 230 valence electrons. The lowest BCUT2D eigenvalue weighted by atomic mass is 10.1. The highest BCUT2D eigenvalue weighted by Crippen LogP contribution is 2.31. The molecule has 0 bridgehead atoms. The molecule has 0 saturated carbocycles. The zero-order valence-corrected chi connectivity index (χ0v) is 23.2. The number of hydrogen-bond donors (Lipinski definition) is 4. The molecule has 0 unspecified atom stereocenters. The first-order valence-electron chi connectivity index (χ1n) is 13.8. The Morgan fingerprint density at radius 2 is 1.64 bits per heavy atom. The van der Waals surface area contributed by atoms with E-state index in [1.807, 2.05) is 0 Å². The van der Waals surface area contributed by atoms with E-state index in [2.05, 4.69) is 25.9 Å². The average molecular weight is 613 g/mol. The SMILES string of the molecule is O=C(O)Cc1cc(F)ccc1NC(=O)c1ccc(N2CCCCC2)c(NC(=O)Nc2nn(CC(F)(F)F)c3ccccc23)c1. The summed E-state index contributed by atoms with van der Waals surface area (Å²) < 4.78 is 54.0. The Morgan fingerprint density at radius 3 is 2.36 bits per heavy atom. The van der Waals surface area contributed by atoms with Gasteiger partial charge in [0.25, 0.3) is 5.91 Å². The second-order valence-corrected chi connectivity index (χ2v) is 10.3. The smallest absolute Gasteiger partial charge is 0.408 e. The normalized spacial score (nSPS) is 13.5. The predicted octanol–water partition coefficient (Wildman–Crippen LogP) is 6.25. The Bertz CT molecular complexity index is 1720. The zero-order valence-electron chi connectivity index (χ0n) is 23.2. The van der Waals surface area contributed by atoms with E-state index in [0.717, 1.165) is 36.1 Å². The molecular weight excluding hydrogens is 584 g/mol. The molecule has 4 N–H and O–H groups in total. The van der Waals surface area contributed by atoms with Crippen LogP contribution in [0.2, 0.25) is 0 Å². The minimum absolute atomic E-state index is 0.0713. The monoisotopic (exact) mass is 612 g/mol. The number of fused-ring (bicyclic) bond motifs is 1. The van der Waals surface area contributed by atoms with Gasteiger partial charge in [-0.2, -0.15) is 18.3 Å². The summed E-state index contributed by atoms with van der Waals surface area (Å²) in [5, 5.41) is 21.3. The first-order valence-corrected chi connectivity index (χ1v) is 13.8. The number of alkyl halides is 3. The molecule has 0 radical (unpaired) electrons. The molecule has 1 fully saturated rings. The average Bonchev–Trinajstić information content (AvgIpc) is 3.29. The summed E-state index contributed by atoms with van der Waals surface area (Å²) in [5.74, 6) is -2.56. The Morgan fingerprint density at radius 1 is 0.886 bits per heavy atom. The van der Waals surface area contributed by atoms with Gasteiger partial charge in [-0.1, -0.05) is 12.1 Å². The lowest BCUT2D eigenvalue weighted by molar-refractivity contribution is -0.141. The molecule has 3 amide bonds. The highest BCUT2D eigenvalue weighted by molar-refractivity contribution is 6.09. The molecule has 3 aromatic carbocycles. The standard InChI is InChI=1S/C30H28F4N6O4/c31-20-9-10-22(19(14-20)16-26(41)42)35-28(43)18-8-11-25(39-12-4-1-5-13-39)23(15-18)36-29(44)37-27-21-6-2-3-7-24(21)40(38-27)17-30(32,33)34/h2-3,6-11,14-15H,1,4-5,12-13,16-17H2,(H,35,43)(H,41,42)(H2,36,37,38,44). The summed E-state index contributed by atoms with van der Waals surface area (Å²) >= 11 is 0. The van der Waals surface area contributed by atoms with Crippen molar-refractivity contribution in [2.24, 2.45) is 0 Å². The first-order chi connectivity index (χ1) is 21.0. The van der Waals surface area contributed by atoms with Gasteiger partial charge in [-0.15, -0.1) is 0 Å². The van der Waals surface area contributed by atoms with E-state index in [1.165, 1.54) is 18.2 Å². The van der Waals surface area contributed by atoms with Crippen LogP contribution in [0, 0.1) is 5.82 Å². The maximum absolute atomic E-state index is 13.8. The van der Waals surface area contributed by atoms with Gasteiger partial charge in [-0.3, -0.25) is 19.6 Å². The number of carbonyl (C=O) groups excluding carboxylic acids is 2. The number of benzene rings is 3. The van der Waals surface area contributed by atoms with Crippen molar-refractivity contribution in [2.45, 2.75) is 38.4 Å². The number of rotatable bonds is 8. The second kappa shape index (κ2) is 12.6. The molecule has 2 heterocycles. The zero-order chi connectivity index (χ0) is 31.4. The van der Waals surface area contributed by atoms with E-state index >= 15 is 0 Å². The van der Waals surface area contributed by atoms with Crippen molar-refractivity contribution in [1.82, 2.24) is 9.78 Å². The van der Waals surface area contributed by atoms with Crippen LogP contribution in [-0.2, 0) is 17.8 Å². The van der Waals surface area contributed by atoms with Crippen molar-refractivity contribution in [2.75, 3.05) is 33.9 Å². The minimum atomic E-state index is -4.53. The van der Waals surface area contributed by atoms with Crippen molar-refractivity contribution in [3.05, 3.63) is 77.6 Å². The third-order valence-electron chi connectivity index (χ3n) is 7.08. The van der Waals surface area contributed by atoms with E-state index in [1.54, 1.807) is 30.3 Å². The quantitative estimate of drug-likeness (QED) is 0.174. The van der Waals surface area contributed by atoms with Gasteiger partial charge in [-0.05, 0) is 73.4 Å². The van der Waals surface area contributed by atoms with Crippen LogP contribution in [0.3, 0.4) is 0 Å². The van der Waals surface area contributed by atoms with E-state index in [-0.39, 0.29) is 33.8 Å². The number of hydrogen-bond acceptors (Lipinski definition) is 5. The molecule has 44 heavy (non-hydrogen) atoms. The van der Waals surface area contributed by atoms with E-state index in [9.17, 15) is 37.1 Å². The Balaban J connectivity index is 1.42. The molecule has 0 atom stereocenters. The van der Waals surface area contributed by atoms with E-state index in [4.69, 9.17) is 0 Å². The van der Waals surface area contributed by atoms with Gasteiger partial charge in [0.1, 0.15) is 12.4 Å². The summed E-state index contributed by atoms with van der Waals surface area (Å²) in [4.78, 5) is 39.7. The third kappa shape index (κ3) is 7.25. The van der Waals surface area contributed by atoms with Gasteiger partial charge in [0.05, 0.1) is 23.3 Å². The summed E-state index contributed by atoms with van der Waals surface area (Å²) in [6.07, 6.45) is -2.15. The van der Waals surface area contributed by atoms with Gasteiger partial charge in [0, 0.05) is 29.7 Å². The molecule has 5 rings (SSSR count). The number of carboxylic acid groups (broad SMARTS) is 1. The predicted molar refractivity (Wildman–Crippen MR) is 157 cm³/mol. The number of urea groups is 1. The van der Waals surface area contributed by atoms with Gasteiger partial charge in [0.15, 0.2) is 5.82 Å². The Labute approximate surface area is 248 Å². The molecule has 1 aliphatic rings. The van der Waals surface area contributed by atoms with Crippen molar-refractivity contribution in [1.29, 1.82) is 0 Å². The van der Waals surface area contributed by atoms with Crippen LogP contribution in [-0.4, -0.2) is 52.1 Å². The van der Waals surface area contributed by atoms with Crippen LogP contribution in [0.15, 0.2) is 60.7 Å². The van der Waals surface area contributed by atoms with E-state index in [0.29, 0.717) is 24.2 Å². The van der Waals surface area contributed by atoms with Gasteiger partial charge in [-0.25, -0.2) is 9.18 Å². The summed E-state index contributed by atoms with van der Waals surface area (Å²) in [7, 11) is 0. The lowest BCUT2D eigenvalue weighted by Crippen LogP contribution is -2.31. The highest BCUT2D eigenvalue weighted by Gasteiger charge is 2.30. The first kappa shape index (κ1) is 30.3. The number of aliphatic carboxylic acids is 1. The van der Waals surface area contributed by atoms with Gasteiger partial charge >= 0.3 is 18.2 Å². The van der Waals surface area contributed by atoms with Crippen molar-refractivity contribution in [3.63, 3.8) is 0 Å². The fraction of sp³-hybridized carbons (Fsp3) is 0.267. The van der Waals surface area contributed by atoms with Gasteiger partial charge < -0.3 is 20.6 Å². The van der Waals surface area contributed by atoms with Crippen molar-refractivity contribution in [3.8, 4) is 0 Å². The van der Waals surface area contributed by atoms with Crippen LogP contribution in [0.4, 0.5) is 45.2 Å². The maximum atomic E-state index is 13.8. The molecule has 14 heteroatoms. The molecule has 1 saturated heterocycles. The molecule has 10 nitrogen and oxygen atoms in total. The number of anilines is 4. The fourth-order valence-corrected chi connectivity index (χ4v) is 5.15. The number of aromatic nitrogens is 2. The largest absolute Gasteiger partial charge is 0.481 e. The molecule has 4 aromatic rings. The number of nitrogens with zero attached hydrogens (tertiary/aromatic N) is 3. The highest BCUT2D eigenvalue weighted by atomic mass is 19.4. The molecule has 0 spiro atoms. The number of nitrogens with one attached hydrogen (secondary N) is 3. The van der Waals surface area contributed by atoms with E-state index < -0.39 is 42.9 Å². The molecule has 0 aliphatic carbocycles. The summed E-state index contributed by atoms with van der Waals surface area (Å²) in [6.45, 7) is 0.0836. The summed E-state index contributed by atoms with van der Waals surface area (Å²) in [5.41, 5.74) is 1.40. The molecule has 1 aromatic heterocycles. The second-order valence-electron chi connectivity index (χ2n) is 10.3. The van der Waals surface area contributed by atoms with Gasteiger partial charge in [0.2, 0.25) is 0 Å². The van der Waals surface area contributed by atoms with Crippen molar-refractivity contribution < 1.29 is 37.1 Å². The Hall–Kier alpha value is -5.14. The van der Waals surface area contributed by atoms with Crippen molar-refractivity contribution >= 4 is 51.7 Å². The number of amides is 3. The number of para-hydroxylation sites is 1. The topological polar surface area (TPSA) is 129 Å². The van der Waals surface area contributed by atoms with Crippen LogP contribution < -0.4 is 20.9 Å². The molecular formula is C30H28F4N6O4. The minimum Gasteiger partial charge on any atom is -0.481 e. The van der Waals surface area contributed by atoms with Crippen LogP contribution in [0.5, 0.6) is 0 Å². The number of carbonyl (C=O) groups is 3.